The summed E-state index contributed by atoms with van der Waals surface area (Å²) >= 11 is 0. The Bertz CT molecular complexity index is 216. The van der Waals surface area contributed by atoms with Gasteiger partial charge in [-0.3, -0.25) is 0 Å². The summed E-state index contributed by atoms with van der Waals surface area (Å²) in [6, 6.07) is 0.659. The minimum atomic E-state index is 0.659. The van der Waals surface area contributed by atoms with E-state index in [1.54, 1.807) is 0 Å². The lowest BCUT2D eigenvalue weighted by molar-refractivity contribution is 0.472. The molecule has 0 aromatic heterocycles. The van der Waals surface area contributed by atoms with Gasteiger partial charge in [0.15, 0.2) is 0 Å². The third-order valence-electron chi connectivity index (χ3n) is 2.73. The van der Waals surface area contributed by atoms with E-state index >= 15 is 0 Å². The van der Waals surface area contributed by atoms with Crippen molar-refractivity contribution >= 4 is 0 Å². The summed E-state index contributed by atoms with van der Waals surface area (Å²) in [6.07, 6.45) is 17.7. The Labute approximate surface area is 108 Å². The average Bonchev–Trinajstić information content (AvgIpc) is 2.34. The standard InChI is InChI=1S/C16H29N/c1-4-7-9-10-11-12-14-16(13-6-3)17-15-8-5-2/h4,7,9,11-12,16-17H,1,5-6,8,10,13-15H2,2-3H3/b9-7+,12-11+. The summed E-state index contributed by atoms with van der Waals surface area (Å²) in [6.45, 7) is 9.30. The quantitative estimate of drug-likeness (QED) is 0.313. The summed E-state index contributed by atoms with van der Waals surface area (Å²) in [5.41, 5.74) is 0. The van der Waals surface area contributed by atoms with Crippen molar-refractivity contribution in [2.75, 3.05) is 6.54 Å². The second kappa shape index (κ2) is 13.2. The Hall–Kier alpha value is -0.820. The van der Waals surface area contributed by atoms with E-state index in [1.807, 2.05) is 12.2 Å². The minimum Gasteiger partial charge on any atom is -0.314 e. The van der Waals surface area contributed by atoms with Crippen LogP contribution in [0, 0.1) is 0 Å². The van der Waals surface area contributed by atoms with E-state index in [4.69, 9.17) is 0 Å². The van der Waals surface area contributed by atoms with E-state index in [1.165, 1.54) is 25.7 Å². The molecule has 0 aliphatic rings. The SMILES string of the molecule is C=C/C=C/C/C=C/CC(CCC)NCCCC. The molecule has 0 fully saturated rings. The highest BCUT2D eigenvalue weighted by Gasteiger charge is 2.03. The van der Waals surface area contributed by atoms with Gasteiger partial charge in [0, 0.05) is 6.04 Å². The monoisotopic (exact) mass is 235 g/mol. The zero-order valence-electron chi connectivity index (χ0n) is 11.6. The molecule has 0 radical (unpaired) electrons. The highest BCUT2D eigenvalue weighted by Crippen LogP contribution is 2.04. The molecule has 98 valence electrons. The molecule has 0 rings (SSSR count). The maximum Gasteiger partial charge on any atom is 0.0101 e. The van der Waals surface area contributed by atoms with Gasteiger partial charge in [-0.2, -0.15) is 0 Å². The molecule has 0 aromatic carbocycles. The van der Waals surface area contributed by atoms with Crippen molar-refractivity contribution < 1.29 is 0 Å². The van der Waals surface area contributed by atoms with E-state index in [0.717, 1.165) is 19.4 Å². The van der Waals surface area contributed by atoms with Crippen molar-refractivity contribution in [1.29, 1.82) is 0 Å². The summed E-state index contributed by atoms with van der Waals surface area (Å²) in [5.74, 6) is 0. The summed E-state index contributed by atoms with van der Waals surface area (Å²) in [4.78, 5) is 0. The van der Waals surface area contributed by atoms with E-state index in [0.29, 0.717) is 6.04 Å². The molecule has 17 heavy (non-hydrogen) atoms. The van der Waals surface area contributed by atoms with E-state index in [-0.39, 0.29) is 0 Å². The first-order chi connectivity index (χ1) is 8.35. The average molecular weight is 235 g/mol. The summed E-state index contributed by atoms with van der Waals surface area (Å²) in [7, 11) is 0. The van der Waals surface area contributed by atoms with Gasteiger partial charge in [-0.05, 0) is 32.2 Å². The predicted molar refractivity (Wildman–Crippen MR) is 79.3 cm³/mol. The summed E-state index contributed by atoms with van der Waals surface area (Å²) in [5, 5.41) is 3.64. The maximum atomic E-state index is 3.65. The molecule has 1 heteroatoms. The number of nitrogens with one attached hydrogen (secondary N) is 1. The Morgan fingerprint density at radius 2 is 1.94 bits per heavy atom. The normalized spacial score (nSPS) is 13.5. The third-order valence-corrected chi connectivity index (χ3v) is 2.73. The van der Waals surface area contributed by atoms with Gasteiger partial charge in [0.2, 0.25) is 0 Å². The zero-order valence-corrected chi connectivity index (χ0v) is 11.6. The van der Waals surface area contributed by atoms with Crippen LogP contribution in [0.1, 0.15) is 52.4 Å². The number of unbranched alkanes of at least 4 members (excludes halogenated alkanes) is 1. The van der Waals surface area contributed by atoms with Crippen molar-refractivity contribution in [3.8, 4) is 0 Å². The molecule has 0 amide bonds. The highest BCUT2D eigenvalue weighted by molar-refractivity contribution is 5.01. The van der Waals surface area contributed by atoms with E-state index in [9.17, 15) is 0 Å². The van der Waals surface area contributed by atoms with Crippen molar-refractivity contribution in [3.63, 3.8) is 0 Å². The maximum absolute atomic E-state index is 3.65. The molecule has 0 spiro atoms. The van der Waals surface area contributed by atoms with Crippen LogP contribution in [-0.4, -0.2) is 12.6 Å². The second-order valence-corrected chi connectivity index (χ2v) is 4.40. The Morgan fingerprint density at radius 1 is 1.12 bits per heavy atom. The molecule has 0 saturated carbocycles. The van der Waals surface area contributed by atoms with Crippen molar-refractivity contribution in [1.82, 2.24) is 5.32 Å². The van der Waals surface area contributed by atoms with E-state index < -0.39 is 0 Å². The highest BCUT2D eigenvalue weighted by atomic mass is 14.9. The fourth-order valence-corrected chi connectivity index (χ4v) is 1.74. The van der Waals surface area contributed by atoms with Crippen molar-refractivity contribution in [2.45, 2.75) is 58.4 Å². The largest absolute Gasteiger partial charge is 0.314 e. The molecule has 0 aliphatic heterocycles. The van der Waals surface area contributed by atoms with Crippen LogP contribution in [0.2, 0.25) is 0 Å². The van der Waals surface area contributed by atoms with Gasteiger partial charge in [0.05, 0.1) is 0 Å². The molecule has 1 unspecified atom stereocenters. The van der Waals surface area contributed by atoms with Gasteiger partial charge >= 0.3 is 0 Å². The minimum absolute atomic E-state index is 0.659. The number of hydrogen-bond donors (Lipinski definition) is 1. The van der Waals surface area contributed by atoms with Crippen LogP contribution in [0.4, 0.5) is 0 Å². The molecular formula is C16H29N. The first kappa shape index (κ1) is 16.2. The van der Waals surface area contributed by atoms with Gasteiger partial charge < -0.3 is 5.32 Å². The molecule has 0 heterocycles. The molecule has 0 bridgehead atoms. The van der Waals surface area contributed by atoms with Gasteiger partial charge in [-0.15, -0.1) is 0 Å². The fourth-order valence-electron chi connectivity index (χ4n) is 1.74. The molecule has 0 aromatic rings. The topological polar surface area (TPSA) is 12.0 Å². The smallest absolute Gasteiger partial charge is 0.0101 e. The first-order valence-corrected chi connectivity index (χ1v) is 7.01. The van der Waals surface area contributed by atoms with Gasteiger partial charge in [-0.1, -0.05) is 63.6 Å². The van der Waals surface area contributed by atoms with Crippen LogP contribution in [0.5, 0.6) is 0 Å². The Balaban J connectivity index is 3.74. The second-order valence-electron chi connectivity index (χ2n) is 4.40. The number of allylic oxidation sites excluding steroid dienone is 4. The molecular weight excluding hydrogens is 206 g/mol. The predicted octanol–water partition coefficient (Wildman–Crippen LogP) is 4.62. The zero-order chi connectivity index (χ0) is 12.8. The molecule has 1 nitrogen and oxygen atoms in total. The molecule has 1 atom stereocenters. The van der Waals surface area contributed by atoms with Crippen LogP contribution in [0.25, 0.3) is 0 Å². The molecule has 0 saturated heterocycles. The molecule has 1 N–H and O–H groups in total. The van der Waals surface area contributed by atoms with Gasteiger partial charge in [-0.25, -0.2) is 0 Å². The number of hydrogen-bond acceptors (Lipinski definition) is 1. The van der Waals surface area contributed by atoms with Crippen molar-refractivity contribution in [3.05, 3.63) is 37.0 Å². The first-order valence-electron chi connectivity index (χ1n) is 7.01. The van der Waals surface area contributed by atoms with Crippen LogP contribution in [0.3, 0.4) is 0 Å². The Kier molecular flexibility index (Phi) is 12.6. The fraction of sp³-hybridized carbons (Fsp3) is 0.625. The van der Waals surface area contributed by atoms with Gasteiger partial charge in [0.1, 0.15) is 0 Å². The lowest BCUT2D eigenvalue weighted by Gasteiger charge is -2.15. The lowest BCUT2D eigenvalue weighted by atomic mass is 10.1. The van der Waals surface area contributed by atoms with Crippen LogP contribution in [0.15, 0.2) is 37.0 Å². The number of rotatable bonds is 11. The van der Waals surface area contributed by atoms with Gasteiger partial charge in [0.25, 0.3) is 0 Å². The lowest BCUT2D eigenvalue weighted by Crippen LogP contribution is -2.29. The van der Waals surface area contributed by atoms with Crippen LogP contribution in [-0.2, 0) is 0 Å². The van der Waals surface area contributed by atoms with Crippen LogP contribution >= 0.6 is 0 Å². The van der Waals surface area contributed by atoms with Crippen molar-refractivity contribution in [2.24, 2.45) is 0 Å². The van der Waals surface area contributed by atoms with Crippen LogP contribution < -0.4 is 5.32 Å². The summed E-state index contributed by atoms with van der Waals surface area (Å²) < 4.78 is 0. The molecule has 0 aliphatic carbocycles. The Morgan fingerprint density at radius 3 is 2.59 bits per heavy atom. The third kappa shape index (κ3) is 11.4. The van der Waals surface area contributed by atoms with E-state index in [2.05, 4.69) is 44.0 Å².